The highest BCUT2D eigenvalue weighted by Gasteiger charge is 2.33. The second-order valence-corrected chi connectivity index (χ2v) is 6.80. The molecule has 21 heavy (non-hydrogen) atoms. The zero-order valence-electron chi connectivity index (χ0n) is 12.8. The van der Waals surface area contributed by atoms with Gasteiger partial charge in [-0.2, -0.15) is 5.10 Å². The van der Waals surface area contributed by atoms with E-state index < -0.39 is 0 Å². The summed E-state index contributed by atoms with van der Waals surface area (Å²) in [6, 6.07) is 1.28. The summed E-state index contributed by atoms with van der Waals surface area (Å²) >= 11 is 5.63. The second kappa shape index (κ2) is 4.95. The molecule has 114 valence electrons. The number of aromatic nitrogens is 4. The van der Waals surface area contributed by atoms with Crippen molar-refractivity contribution in [1.29, 1.82) is 0 Å². The van der Waals surface area contributed by atoms with Crippen molar-refractivity contribution in [2.24, 2.45) is 0 Å². The molecule has 2 aromatic rings. The van der Waals surface area contributed by atoms with E-state index in [1.165, 1.54) is 44.4 Å². The van der Waals surface area contributed by atoms with Gasteiger partial charge in [0.1, 0.15) is 5.52 Å². The first-order chi connectivity index (χ1) is 10.2. The number of fused-ring (bicyclic) bond motifs is 2. The highest BCUT2D eigenvalue weighted by atomic mass is 32.1. The highest BCUT2D eigenvalue weighted by molar-refractivity contribution is 7.71. The number of aryl methyl sites for hydroxylation is 2. The van der Waals surface area contributed by atoms with Crippen LogP contribution < -0.4 is 0 Å². The predicted molar refractivity (Wildman–Crippen MR) is 86.2 cm³/mol. The monoisotopic (exact) mass is 305 g/mol. The molecule has 2 aliphatic heterocycles. The Hall–Kier alpha value is -1.14. The number of H-pyrrole nitrogens is 1. The van der Waals surface area contributed by atoms with E-state index >= 15 is 0 Å². The first-order valence-electron chi connectivity index (χ1n) is 8.10. The molecular formula is C15H23N5S. The van der Waals surface area contributed by atoms with E-state index in [0.717, 1.165) is 28.6 Å². The Bertz CT molecular complexity index is 724. The number of aromatic amines is 1. The molecule has 4 rings (SSSR count). The molecule has 0 spiro atoms. The number of imidazole rings is 1. The van der Waals surface area contributed by atoms with Crippen LogP contribution >= 0.6 is 12.2 Å². The van der Waals surface area contributed by atoms with E-state index in [9.17, 15) is 0 Å². The number of hydrogen-bond acceptors (Lipinski definition) is 3. The van der Waals surface area contributed by atoms with Crippen molar-refractivity contribution in [3.8, 4) is 0 Å². The summed E-state index contributed by atoms with van der Waals surface area (Å²) in [5.74, 6) is 0. The minimum absolute atomic E-state index is 0.520. The SMILES string of the molecule is CCn1nc(C)c2[nH]c(=S)n(C3CCN4CCCC4C3)c21. The Morgan fingerprint density at radius 3 is 2.95 bits per heavy atom. The first-order valence-corrected chi connectivity index (χ1v) is 8.51. The highest BCUT2D eigenvalue weighted by Crippen LogP contribution is 2.35. The summed E-state index contributed by atoms with van der Waals surface area (Å²) in [6.45, 7) is 7.59. The van der Waals surface area contributed by atoms with Crippen molar-refractivity contribution in [3.05, 3.63) is 10.5 Å². The minimum atomic E-state index is 0.520. The van der Waals surface area contributed by atoms with E-state index in [-0.39, 0.29) is 0 Å². The van der Waals surface area contributed by atoms with Gasteiger partial charge in [-0.25, -0.2) is 4.68 Å². The molecule has 2 saturated heterocycles. The molecule has 2 fully saturated rings. The lowest BCUT2D eigenvalue weighted by Gasteiger charge is -2.35. The molecule has 0 bridgehead atoms. The van der Waals surface area contributed by atoms with E-state index in [2.05, 4.69) is 38.1 Å². The van der Waals surface area contributed by atoms with E-state index in [1.54, 1.807) is 0 Å². The van der Waals surface area contributed by atoms with Gasteiger partial charge >= 0.3 is 0 Å². The van der Waals surface area contributed by atoms with Crippen LogP contribution in [-0.2, 0) is 6.54 Å². The van der Waals surface area contributed by atoms with Crippen LogP contribution in [0.3, 0.4) is 0 Å². The fourth-order valence-corrected chi connectivity index (χ4v) is 4.56. The van der Waals surface area contributed by atoms with Crippen molar-refractivity contribution in [1.82, 2.24) is 24.2 Å². The lowest BCUT2D eigenvalue weighted by molar-refractivity contribution is 0.156. The third-order valence-corrected chi connectivity index (χ3v) is 5.54. The Morgan fingerprint density at radius 1 is 1.29 bits per heavy atom. The molecule has 2 aromatic heterocycles. The lowest BCUT2D eigenvalue weighted by atomic mass is 9.97. The zero-order chi connectivity index (χ0) is 14.6. The third-order valence-electron chi connectivity index (χ3n) is 5.24. The molecule has 0 radical (unpaired) electrons. The summed E-state index contributed by atoms with van der Waals surface area (Å²) < 4.78 is 5.31. The molecule has 2 unspecified atom stereocenters. The number of nitrogens with zero attached hydrogens (tertiary/aromatic N) is 4. The Balaban J connectivity index is 1.79. The maximum absolute atomic E-state index is 5.63. The predicted octanol–water partition coefficient (Wildman–Crippen LogP) is 3.02. The molecule has 0 amide bonds. The van der Waals surface area contributed by atoms with Crippen LogP contribution in [0, 0.1) is 11.7 Å². The Morgan fingerprint density at radius 2 is 2.14 bits per heavy atom. The average molecular weight is 305 g/mol. The van der Waals surface area contributed by atoms with Crippen LogP contribution in [0.1, 0.15) is 44.3 Å². The number of piperidine rings is 1. The van der Waals surface area contributed by atoms with Crippen molar-refractivity contribution >= 4 is 23.4 Å². The van der Waals surface area contributed by atoms with Crippen LogP contribution in [-0.4, -0.2) is 43.4 Å². The molecule has 2 atom stereocenters. The third kappa shape index (κ3) is 1.99. The van der Waals surface area contributed by atoms with Crippen LogP contribution in [0.15, 0.2) is 0 Å². The van der Waals surface area contributed by atoms with Crippen LogP contribution in [0.2, 0.25) is 0 Å². The fourth-order valence-electron chi connectivity index (χ4n) is 4.22. The largest absolute Gasteiger partial charge is 0.328 e. The smallest absolute Gasteiger partial charge is 0.179 e. The first kappa shape index (κ1) is 13.5. The van der Waals surface area contributed by atoms with Gasteiger partial charge in [0.15, 0.2) is 10.4 Å². The van der Waals surface area contributed by atoms with Gasteiger partial charge in [0.2, 0.25) is 0 Å². The summed E-state index contributed by atoms with van der Waals surface area (Å²) in [5, 5.41) is 4.64. The molecular weight excluding hydrogens is 282 g/mol. The van der Waals surface area contributed by atoms with Crippen LogP contribution in [0.5, 0.6) is 0 Å². The quantitative estimate of drug-likeness (QED) is 0.867. The molecule has 6 heteroatoms. The van der Waals surface area contributed by atoms with Gasteiger partial charge in [-0.1, -0.05) is 0 Å². The number of rotatable bonds is 2. The fraction of sp³-hybridized carbons (Fsp3) is 0.733. The molecule has 0 saturated carbocycles. The summed E-state index contributed by atoms with van der Waals surface area (Å²) in [7, 11) is 0. The van der Waals surface area contributed by atoms with Crippen LogP contribution in [0.4, 0.5) is 0 Å². The van der Waals surface area contributed by atoms with Crippen molar-refractivity contribution in [3.63, 3.8) is 0 Å². The van der Waals surface area contributed by atoms with Gasteiger partial charge in [-0.05, 0) is 58.3 Å². The van der Waals surface area contributed by atoms with Gasteiger partial charge in [0, 0.05) is 25.2 Å². The van der Waals surface area contributed by atoms with E-state index in [4.69, 9.17) is 12.2 Å². The molecule has 4 heterocycles. The van der Waals surface area contributed by atoms with Gasteiger partial charge < -0.3 is 9.88 Å². The van der Waals surface area contributed by atoms with Crippen molar-refractivity contribution < 1.29 is 0 Å². The molecule has 5 nitrogen and oxygen atoms in total. The van der Waals surface area contributed by atoms with E-state index in [1.807, 2.05) is 0 Å². The summed E-state index contributed by atoms with van der Waals surface area (Å²) in [6.07, 6.45) is 5.14. The van der Waals surface area contributed by atoms with Gasteiger partial charge in [0.05, 0.1) is 5.69 Å². The lowest BCUT2D eigenvalue weighted by Crippen LogP contribution is -2.38. The standard InChI is InChI=1S/C15H23N5S/c1-3-19-14-13(10(2)17-19)16-15(21)20(14)12-6-8-18-7-4-5-11(18)9-12/h11-12H,3-9H2,1-2H3,(H,16,21). The van der Waals surface area contributed by atoms with Gasteiger partial charge in [-0.3, -0.25) is 4.57 Å². The molecule has 0 aromatic carbocycles. The van der Waals surface area contributed by atoms with Gasteiger partial charge in [0.25, 0.3) is 0 Å². The summed E-state index contributed by atoms with van der Waals surface area (Å²) in [5.41, 5.74) is 3.36. The summed E-state index contributed by atoms with van der Waals surface area (Å²) in [4.78, 5) is 6.05. The maximum atomic E-state index is 5.63. The average Bonchev–Trinajstić information content (AvgIpc) is 3.14. The Labute approximate surface area is 129 Å². The van der Waals surface area contributed by atoms with Crippen molar-refractivity contribution in [2.45, 2.75) is 58.2 Å². The normalized spacial score (nSPS) is 26.6. The molecule has 1 N–H and O–H groups in total. The maximum Gasteiger partial charge on any atom is 0.179 e. The zero-order valence-corrected chi connectivity index (χ0v) is 13.6. The second-order valence-electron chi connectivity index (χ2n) is 6.41. The molecule has 0 aliphatic carbocycles. The topological polar surface area (TPSA) is 41.8 Å². The van der Waals surface area contributed by atoms with Crippen molar-refractivity contribution in [2.75, 3.05) is 13.1 Å². The minimum Gasteiger partial charge on any atom is -0.328 e. The van der Waals surface area contributed by atoms with E-state index in [0.29, 0.717) is 6.04 Å². The molecule has 2 aliphatic rings. The Kier molecular flexibility index (Phi) is 3.19. The van der Waals surface area contributed by atoms with Crippen LogP contribution in [0.25, 0.3) is 11.2 Å². The number of nitrogens with one attached hydrogen (secondary N) is 1. The number of hydrogen-bond donors (Lipinski definition) is 1. The van der Waals surface area contributed by atoms with Gasteiger partial charge in [-0.15, -0.1) is 0 Å².